The summed E-state index contributed by atoms with van der Waals surface area (Å²) in [6, 6.07) is 8.17. The zero-order valence-electron chi connectivity index (χ0n) is 12.1. The summed E-state index contributed by atoms with van der Waals surface area (Å²) < 4.78 is 6.32. The van der Waals surface area contributed by atoms with E-state index in [0.29, 0.717) is 18.4 Å². The number of hydrogen-bond acceptors (Lipinski definition) is 2. The molecule has 2 heterocycles. The van der Waals surface area contributed by atoms with Gasteiger partial charge in [0.2, 0.25) is 5.91 Å². The quantitative estimate of drug-likeness (QED) is 0.791. The van der Waals surface area contributed by atoms with E-state index in [1.807, 2.05) is 24.3 Å². The zero-order chi connectivity index (χ0) is 14.4. The topological polar surface area (TPSA) is 29.5 Å². The van der Waals surface area contributed by atoms with Gasteiger partial charge in [0.25, 0.3) is 0 Å². The highest BCUT2D eigenvalue weighted by Gasteiger charge is 2.55. The Balaban J connectivity index is 1.76. The Hall–Kier alpha value is -1.06. The Labute approximate surface area is 130 Å². The molecule has 2 saturated heterocycles. The van der Waals surface area contributed by atoms with Gasteiger partial charge < -0.3 is 9.64 Å². The second-order valence-electron chi connectivity index (χ2n) is 6.48. The molecule has 4 heteroatoms. The predicted octanol–water partition coefficient (Wildman–Crippen LogP) is 3.70. The molecule has 3 atom stereocenters. The summed E-state index contributed by atoms with van der Waals surface area (Å²) in [5, 5.41) is 0.720. The van der Waals surface area contributed by atoms with E-state index in [1.54, 1.807) is 0 Å². The van der Waals surface area contributed by atoms with Crippen molar-refractivity contribution >= 4 is 17.5 Å². The van der Waals surface area contributed by atoms with Crippen LogP contribution in [0.2, 0.25) is 5.02 Å². The predicted molar refractivity (Wildman–Crippen MR) is 80.9 cm³/mol. The third-order valence-electron chi connectivity index (χ3n) is 5.37. The Morgan fingerprint density at radius 2 is 1.95 bits per heavy atom. The molecule has 0 radical (unpaired) electrons. The first-order chi connectivity index (χ1) is 10.2. The average molecular weight is 306 g/mol. The molecule has 4 rings (SSSR count). The van der Waals surface area contributed by atoms with Crippen molar-refractivity contribution in [2.45, 2.75) is 50.3 Å². The van der Waals surface area contributed by atoms with Crippen LogP contribution in [0.3, 0.4) is 0 Å². The van der Waals surface area contributed by atoms with E-state index in [9.17, 15) is 4.79 Å². The molecule has 1 saturated carbocycles. The molecule has 1 aromatic carbocycles. The summed E-state index contributed by atoms with van der Waals surface area (Å²) in [6.07, 6.45) is 6.14. The molecule has 0 bridgehead atoms. The SMILES string of the molecule is O=C1CCC2(c3ccc(Cl)cc3)OCC3CCCCC3N12. The minimum Gasteiger partial charge on any atom is -0.351 e. The van der Waals surface area contributed by atoms with Crippen LogP contribution in [0.15, 0.2) is 24.3 Å². The summed E-state index contributed by atoms with van der Waals surface area (Å²) in [5.41, 5.74) is 0.530. The second-order valence-corrected chi connectivity index (χ2v) is 6.91. The lowest BCUT2D eigenvalue weighted by Crippen LogP contribution is -2.59. The summed E-state index contributed by atoms with van der Waals surface area (Å²) in [5.74, 6) is 0.766. The minimum atomic E-state index is -0.541. The van der Waals surface area contributed by atoms with Crippen LogP contribution < -0.4 is 0 Å². The van der Waals surface area contributed by atoms with Gasteiger partial charge in [-0.1, -0.05) is 36.6 Å². The van der Waals surface area contributed by atoms with Gasteiger partial charge in [-0.05, 0) is 25.0 Å². The highest BCUT2D eigenvalue weighted by atomic mass is 35.5. The molecule has 112 valence electrons. The van der Waals surface area contributed by atoms with Crippen LogP contribution in [0.25, 0.3) is 0 Å². The number of carbonyl (C=O) groups excluding carboxylic acids is 1. The first-order valence-corrected chi connectivity index (χ1v) is 8.31. The van der Waals surface area contributed by atoms with Gasteiger partial charge in [-0.25, -0.2) is 0 Å². The molecule has 3 unspecified atom stereocenters. The molecular weight excluding hydrogens is 286 g/mol. The van der Waals surface area contributed by atoms with E-state index < -0.39 is 5.72 Å². The largest absolute Gasteiger partial charge is 0.351 e. The molecule has 1 aromatic rings. The van der Waals surface area contributed by atoms with Crippen LogP contribution in [0.1, 0.15) is 44.1 Å². The van der Waals surface area contributed by atoms with Crippen LogP contribution in [0.5, 0.6) is 0 Å². The van der Waals surface area contributed by atoms with E-state index in [4.69, 9.17) is 16.3 Å². The first kappa shape index (κ1) is 13.6. The third-order valence-corrected chi connectivity index (χ3v) is 5.62. The lowest BCUT2D eigenvalue weighted by molar-refractivity contribution is -0.221. The Kier molecular flexibility index (Phi) is 3.23. The van der Waals surface area contributed by atoms with Gasteiger partial charge in [0.15, 0.2) is 5.72 Å². The normalized spacial score (nSPS) is 35.5. The molecule has 3 fully saturated rings. The second kappa shape index (κ2) is 4.99. The van der Waals surface area contributed by atoms with Crippen LogP contribution >= 0.6 is 11.6 Å². The number of rotatable bonds is 1. The van der Waals surface area contributed by atoms with Gasteiger partial charge in [0.05, 0.1) is 6.61 Å². The molecule has 2 aliphatic heterocycles. The van der Waals surface area contributed by atoms with E-state index >= 15 is 0 Å². The summed E-state index contributed by atoms with van der Waals surface area (Å²) in [4.78, 5) is 14.6. The summed E-state index contributed by atoms with van der Waals surface area (Å²) in [6.45, 7) is 0.775. The minimum absolute atomic E-state index is 0.251. The monoisotopic (exact) mass is 305 g/mol. The fourth-order valence-corrected chi connectivity index (χ4v) is 4.48. The number of benzene rings is 1. The highest BCUT2D eigenvalue weighted by molar-refractivity contribution is 6.30. The lowest BCUT2D eigenvalue weighted by atomic mass is 9.81. The number of ether oxygens (including phenoxy) is 1. The molecule has 0 spiro atoms. The molecule has 3 nitrogen and oxygen atoms in total. The molecule has 0 aromatic heterocycles. The van der Waals surface area contributed by atoms with Crippen LogP contribution in [0, 0.1) is 5.92 Å². The van der Waals surface area contributed by atoms with Gasteiger partial charge in [0.1, 0.15) is 0 Å². The fourth-order valence-electron chi connectivity index (χ4n) is 4.36. The number of nitrogens with zero attached hydrogens (tertiary/aromatic N) is 1. The van der Waals surface area contributed by atoms with Crippen LogP contribution in [-0.2, 0) is 15.3 Å². The van der Waals surface area contributed by atoms with E-state index in [1.165, 1.54) is 19.3 Å². The Morgan fingerprint density at radius 3 is 2.76 bits per heavy atom. The van der Waals surface area contributed by atoms with Crippen LogP contribution in [-0.4, -0.2) is 23.5 Å². The summed E-state index contributed by atoms with van der Waals surface area (Å²) in [7, 11) is 0. The van der Waals surface area contributed by atoms with Crippen molar-refractivity contribution < 1.29 is 9.53 Å². The molecule has 0 N–H and O–H groups in total. The van der Waals surface area contributed by atoms with Crippen molar-refractivity contribution in [3.63, 3.8) is 0 Å². The van der Waals surface area contributed by atoms with Crippen molar-refractivity contribution in [2.24, 2.45) is 5.92 Å². The summed E-state index contributed by atoms with van der Waals surface area (Å²) >= 11 is 6.01. The number of carbonyl (C=O) groups is 1. The molecule has 21 heavy (non-hydrogen) atoms. The zero-order valence-corrected chi connectivity index (χ0v) is 12.8. The number of fused-ring (bicyclic) bond motifs is 3. The van der Waals surface area contributed by atoms with Crippen molar-refractivity contribution in [1.29, 1.82) is 0 Å². The van der Waals surface area contributed by atoms with E-state index in [-0.39, 0.29) is 5.91 Å². The maximum absolute atomic E-state index is 12.5. The standard InChI is InChI=1S/C17H20ClNO2/c18-14-7-5-13(6-8-14)17-10-9-16(20)19(17)15-4-2-1-3-12(15)11-21-17/h5-8,12,15H,1-4,9-11H2. The van der Waals surface area contributed by atoms with Gasteiger partial charge in [-0.2, -0.15) is 0 Å². The van der Waals surface area contributed by atoms with Crippen molar-refractivity contribution in [1.82, 2.24) is 4.90 Å². The number of halogens is 1. The first-order valence-electron chi connectivity index (χ1n) is 7.93. The van der Waals surface area contributed by atoms with Gasteiger partial charge in [-0.3, -0.25) is 4.79 Å². The Morgan fingerprint density at radius 1 is 1.19 bits per heavy atom. The Bertz CT molecular complexity index is 558. The molecule has 1 aliphatic carbocycles. The van der Waals surface area contributed by atoms with Gasteiger partial charge in [0, 0.05) is 35.4 Å². The third kappa shape index (κ3) is 2.01. The van der Waals surface area contributed by atoms with Crippen molar-refractivity contribution in [3.05, 3.63) is 34.9 Å². The average Bonchev–Trinajstić information content (AvgIpc) is 2.87. The number of amides is 1. The lowest BCUT2D eigenvalue weighted by Gasteiger charge is -2.52. The van der Waals surface area contributed by atoms with Gasteiger partial charge in [-0.15, -0.1) is 0 Å². The number of hydrogen-bond donors (Lipinski definition) is 0. The van der Waals surface area contributed by atoms with Crippen molar-refractivity contribution in [3.8, 4) is 0 Å². The maximum atomic E-state index is 12.5. The van der Waals surface area contributed by atoms with Gasteiger partial charge >= 0.3 is 0 Å². The molecular formula is C17H20ClNO2. The van der Waals surface area contributed by atoms with Crippen LogP contribution in [0.4, 0.5) is 0 Å². The highest BCUT2D eigenvalue weighted by Crippen LogP contribution is 2.49. The molecule has 3 aliphatic rings. The smallest absolute Gasteiger partial charge is 0.225 e. The van der Waals surface area contributed by atoms with E-state index in [0.717, 1.165) is 30.0 Å². The van der Waals surface area contributed by atoms with Crippen molar-refractivity contribution in [2.75, 3.05) is 6.61 Å². The van der Waals surface area contributed by atoms with E-state index in [2.05, 4.69) is 4.90 Å². The molecule has 1 amide bonds. The maximum Gasteiger partial charge on any atom is 0.225 e. The fraction of sp³-hybridized carbons (Fsp3) is 0.588.